The van der Waals surface area contributed by atoms with Crippen molar-refractivity contribution in [2.45, 2.75) is 0 Å². The number of carbonyl (C=O) groups excluding carboxylic acids is 1. The molecule has 3 heterocycles. The number of ketones is 1. The van der Waals surface area contributed by atoms with Gasteiger partial charge in [-0.15, -0.1) is 0 Å². The lowest BCUT2D eigenvalue weighted by molar-refractivity contribution is 0.104. The predicted molar refractivity (Wildman–Crippen MR) is 115 cm³/mol. The SMILES string of the molecule is O=C(/C=C/c1cncc(F)c1)c1c(-c2cncc(Cl)c2)c2cc(Cl)ccc2[nH]c1=O. The summed E-state index contributed by atoms with van der Waals surface area (Å²) in [6.45, 7) is 0. The first-order chi connectivity index (χ1) is 14.4. The Labute approximate surface area is 179 Å². The second kappa shape index (κ2) is 8.18. The van der Waals surface area contributed by atoms with E-state index < -0.39 is 17.2 Å². The molecule has 0 aliphatic rings. The van der Waals surface area contributed by atoms with Crippen molar-refractivity contribution in [3.63, 3.8) is 0 Å². The third-order valence-corrected chi connectivity index (χ3v) is 4.81. The maximum atomic E-state index is 13.3. The number of rotatable bonds is 4. The lowest BCUT2D eigenvalue weighted by Crippen LogP contribution is -2.18. The van der Waals surface area contributed by atoms with Crippen LogP contribution in [-0.2, 0) is 0 Å². The van der Waals surface area contributed by atoms with Gasteiger partial charge >= 0.3 is 0 Å². The molecule has 0 unspecified atom stereocenters. The number of hydrogen-bond acceptors (Lipinski definition) is 4. The van der Waals surface area contributed by atoms with Gasteiger partial charge in [0.2, 0.25) is 0 Å². The summed E-state index contributed by atoms with van der Waals surface area (Å²) in [5, 5.41) is 1.35. The van der Waals surface area contributed by atoms with E-state index in [-0.39, 0.29) is 5.56 Å². The Morgan fingerprint density at radius 2 is 1.80 bits per heavy atom. The number of pyridine rings is 3. The molecule has 0 spiro atoms. The van der Waals surface area contributed by atoms with E-state index in [1.54, 1.807) is 24.3 Å². The first-order valence-corrected chi connectivity index (χ1v) is 9.47. The molecule has 4 rings (SSSR count). The van der Waals surface area contributed by atoms with Gasteiger partial charge in [-0.25, -0.2) is 4.39 Å². The summed E-state index contributed by atoms with van der Waals surface area (Å²) in [6.07, 6.45) is 8.00. The molecule has 30 heavy (non-hydrogen) atoms. The number of nitrogens with one attached hydrogen (secondary N) is 1. The van der Waals surface area contributed by atoms with Crippen molar-refractivity contribution in [1.29, 1.82) is 0 Å². The number of H-pyrrole nitrogens is 1. The number of benzene rings is 1. The number of carbonyl (C=O) groups is 1. The van der Waals surface area contributed by atoms with E-state index in [1.807, 2.05) is 0 Å². The summed E-state index contributed by atoms with van der Waals surface area (Å²) < 4.78 is 13.3. The van der Waals surface area contributed by atoms with Gasteiger partial charge in [-0.1, -0.05) is 23.2 Å². The Kier molecular flexibility index (Phi) is 5.44. The van der Waals surface area contributed by atoms with Crippen LogP contribution in [0, 0.1) is 5.82 Å². The maximum Gasteiger partial charge on any atom is 0.260 e. The molecule has 0 radical (unpaired) electrons. The van der Waals surface area contributed by atoms with Crippen molar-refractivity contribution in [2.75, 3.05) is 0 Å². The topological polar surface area (TPSA) is 75.7 Å². The molecule has 0 fully saturated rings. The summed E-state index contributed by atoms with van der Waals surface area (Å²) >= 11 is 12.3. The van der Waals surface area contributed by atoms with Crippen LogP contribution >= 0.6 is 23.2 Å². The Morgan fingerprint density at radius 1 is 1.00 bits per heavy atom. The fraction of sp³-hybridized carbons (Fsp3) is 0. The largest absolute Gasteiger partial charge is 0.321 e. The van der Waals surface area contributed by atoms with Crippen molar-refractivity contribution in [2.24, 2.45) is 0 Å². The average Bonchev–Trinajstić information content (AvgIpc) is 2.71. The molecule has 3 aromatic heterocycles. The third kappa shape index (κ3) is 4.01. The first kappa shape index (κ1) is 19.9. The van der Waals surface area contributed by atoms with Crippen LogP contribution in [0.5, 0.6) is 0 Å². The maximum absolute atomic E-state index is 13.3. The standard InChI is InChI=1S/C22H12Cl2FN3O2/c23-14-2-3-18-17(7-14)20(13-6-15(24)10-27-9-13)21(22(30)28-18)19(29)4-1-12-5-16(25)11-26-8-12/h1-11H,(H,28,30)/b4-1+. The Hall–Kier alpha value is -3.35. The highest BCUT2D eigenvalue weighted by Gasteiger charge is 2.20. The molecule has 0 aliphatic carbocycles. The number of nitrogens with zero attached hydrogens (tertiary/aromatic N) is 2. The van der Waals surface area contributed by atoms with Crippen LogP contribution in [0.15, 0.2) is 66.0 Å². The zero-order chi connectivity index (χ0) is 21.3. The molecule has 0 amide bonds. The molecule has 0 aliphatic heterocycles. The fourth-order valence-electron chi connectivity index (χ4n) is 3.12. The van der Waals surface area contributed by atoms with Gasteiger partial charge in [0.05, 0.1) is 16.8 Å². The van der Waals surface area contributed by atoms with E-state index in [2.05, 4.69) is 15.0 Å². The summed E-state index contributed by atoms with van der Waals surface area (Å²) in [5.41, 5.74) is 1.06. The van der Waals surface area contributed by atoms with Gasteiger partial charge in [0.15, 0.2) is 5.78 Å². The summed E-state index contributed by atoms with van der Waals surface area (Å²) in [5.74, 6) is -1.11. The highest BCUT2D eigenvalue weighted by atomic mass is 35.5. The molecule has 0 saturated carbocycles. The second-order valence-electron chi connectivity index (χ2n) is 6.42. The molecule has 0 bridgehead atoms. The molecule has 0 atom stereocenters. The predicted octanol–water partition coefficient (Wildman–Crippen LogP) is 5.33. The normalized spacial score (nSPS) is 11.3. The first-order valence-electron chi connectivity index (χ1n) is 8.72. The molecule has 0 saturated heterocycles. The van der Waals surface area contributed by atoms with Crippen LogP contribution in [0.4, 0.5) is 4.39 Å². The number of hydrogen-bond donors (Lipinski definition) is 1. The minimum Gasteiger partial charge on any atom is -0.321 e. The lowest BCUT2D eigenvalue weighted by atomic mass is 9.94. The van der Waals surface area contributed by atoms with Gasteiger partial charge in [0.1, 0.15) is 5.82 Å². The van der Waals surface area contributed by atoms with E-state index in [9.17, 15) is 14.0 Å². The lowest BCUT2D eigenvalue weighted by Gasteiger charge is -2.11. The van der Waals surface area contributed by atoms with Crippen molar-refractivity contribution in [1.82, 2.24) is 15.0 Å². The zero-order valence-corrected chi connectivity index (χ0v) is 16.7. The van der Waals surface area contributed by atoms with Gasteiger partial charge < -0.3 is 4.98 Å². The minimum absolute atomic E-state index is 0.102. The molecule has 148 valence electrons. The van der Waals surface area contributed by atoms with Crippen LogP contribution in [0.1, 0.15) is 15.9 Å². The number of halogens is 3. The van der Waals surface area contributed by atoms with Crippen LogP contribution in [-0.4, -0.2) is 20.7 Å². The quantitative estimate of drug-likeness (QED) is 0.344. The molecule has 5 nitrogen and oxygen atoms in total. The van der Waals surface area contributed by atoms with E-state index in [0.717, 1.165) is 6.20 Å². The number of aromatic amines is 1. The number of allylic oxidation sites excluding steroid dienone is 1. The average molecular weight is 440 g/mol. The van der Waals surface area contributed by atoms with Crippen molar-refractivity contribution >= 4 is 46.0 Å². The molecular weight excluding hydrogens is 428 g/mol. The van der Waals surface area contributed by atoms with Crippen molar-refractivity contribution < 1.29 is 9.18 Å². The molecule has 8 heteroatoms. The summed E-state index contributed by atoms with van der Waals surface area (Å²) in [6, 6.07) is 7.78. The van der Waals surface area contributed by atoms with Crippen LogP contribution in [0.3, 0.4) is 0 Å². The highest BCUT2D eigenvalue weighted by Crippen LogP contribution is 2.32. The van der Waals surface area contributed by atoms with Crippen LogP contribution < -0.4 is 5.56 Å². The van der Waals surface area contributed by atoms with Gasteiger partial charge in [0, 0.05) is 45.6 Å². The van der Waals surface area contributed by atoms with Gasteiger partial charge in [-0.3, -0.25) is 19.6 Å². The molecule has 4 aromatic rings. The summed E-state index contributed by atoms with van der Waals surface area (Å²) in [4.78, 5) is 36.4. The molecule has 1 aromatic carbocycles. The van der Waals surface area contributed by atoms with Crippen LogP contribution in [0.25, 0.3) is 28.1 Å². The molecular formula is C22H12Cl2FN3O2. The Balaban J connectivity index is 1.94. The Morgan fingerprint density at radius 3 is 2.57 bits per heavy atom. The fourth-order valence-corrected chi connectivity index (χ4v) is 3.47. The zero-order valence-electron chi connectivity index (χ0n) is 15.2. The van der Waals surface area contributed by atoms with E-state index in [0.29, 0.717) is 37.6 Å². The Bertz CT molecular complexity index is 1380. The smallest absolute Gasteiger partial charge is 0.260 e. The van der Waals surface area contributed by atoms with Crippen molar-refractivity contribution in [3.8, 4) is 11.1 Å². The minimum atomic E-state index is -0.577. The second-order valence-corrected chi connectivity index (χ2v) is 7.29. The van der Waals surface area contributed by atoms with Gasteiger partial charge in [0.25, 0.3) is 5.56 Å². The van der Waals surface area contributed by atoms with Crippen molar-refractivity contribution in [3.05, 3.63) is 98.5 Å². The van der Waals surface area contributed by atoms with Gasteiger partial charge in [-0.05, 0) is 48.0 Å². The highest BCUT2D eigenvalue weighted by molar-refractivity contribution is 6.32. The summed E-state index contributed by atoms with van der Waals surface area (Å²) in [7, 11) is 0. The van der Waals surface area contributed by atoms with E-state index in [1.165, 1.54) is 36.8 Å². The number of fused-ring (bicyclic) bond motifs is 1. The number of aromatic nitrogens is 3. The van der Waals surface area contributed by atoms with E-state index in [4.69, 9.17) is 23.2 Å². The monoisotopic (exact) mass is 439 g/mol. The van der Waals surface area contributed by atoms with Gasteiger partial charge in [-0.2, -0.15) is 0 Å². The van der Waals surface area contributed by atoms with E-state index >= 15 is 0 Å². The third-order valence-electron chi connectivity index (χ3n) is 4.37. The van der Waals surface area contributed by atoms with Crippen LogP contribution in [0.2, 0.25) is 10.0 Å². The molecule has 1 N–H and O–H groups in total.